The highest BCUT2D eigenvalue weighted by Crippen LogP contribution is 2.29. The molecule has 0 atom stereocenters. The predicted molar refractivity (Wildman–Crippen MR) is 120 cm³/mol. The van der Waals surface area contributed by atoms with Crippen LogP contribution in [0.1, 0.15) is 0 Å². The van der Waals surface area contributed by atoms with Crippen molar-refractivity contribution in [3.63, 3.8) is 0 Å². The third-order valence-electron chi connectivity index (χ3n) is 4.32. The van der Waals surface area contributed by atoms with Crippen LogP contribution in [0.25, 0.3) is 11.1 Å². The second-order valence-electron chi connectivity index (χ2n) is 6.67. The summed E-state index contributed by atoms with van der Waals surface area (Å²) in [6.45, 7) is 0. The zero-order chi connectivity index (χ0) is 23.4. The molecule has 4 aromatic rings. The van der Waals surface area contributed by atoms with Crippen LogP contribution in [0.15, 0.2) is 67.1 Å². The maximum atomic E-state index is 13.6. The molecule has 166 valence electrons. The number of nitrogens with one attached hydrogen (secondary N) is 2. The van der Waals surface area contributed by atoms with Gasteiger partial charge in [0.1, 0.15) is 23.2 Å². The number of aromatic nitrogens is 3. The lowest BCUT2D eigenvalue weighted by atomic mass is 10.1. The Bertz CT molecular complexity index is 1300. The molecule has 0 aliphatic rings. The van der Waals surface area contributed by atoms with E-state index in [1.165, 1.54) is 18.6 Å². The van der Waals surface area contributed by atoms with Crippen LogP contribution in [0.3, 0.4) is 0 Å². The van der Waals surface area contributed by atoms with E-state index in [1.807, 2.05) is 0 Å². The first-order valence-corrected chi connectivity index (χ1v) is 9.79. The van der Waals surface area contributed by atoms with Crippen LogP contribution in [-0.4, -0.2) is 21.0 Å². The van der Waals surface area contributed by atoms with E-state index >= 15 is 0 Å². The minimum atomic E-state index is -0.790. The standard InChI is InChI=1S/C22H15ClF2N6O2/c23-13-7-17(20(26)27-9-13)12-1-4-16(5-2-12)33-22-28-10-15(11-29-22)30-21(32)31-19-8-14(24)3-6-18(19)25/h1-11H,(H2,26,27)(H2,30,31,32). The summed E-state index contributed by atoms with van der Waals surface area (Å²) >= 11 is 5.98. The van der Waals surface area contributed by atoms with Gasteiger partial charge in [0.25, 0.3) is 0 Å². The van der Waals surface area contributed by atoms with Gasteiger partial charge in [-0.25, -0.2) is 28.5 Å². The van der Waals surface area contributed by atoms with Crippen LogP contribution in [0.5, 0.6) is 11.8 Å². The third kappa shape index (κ3) is 5.49. The van der Waals surface area contributed by atoms with Gasteiger partial charge in [-0.3, -0.25) is 0 Å². The molecule has 0 bridgehead atoms. The number of amides is 2. The fourth-order valence-corrected chi connectivity index (χ4v) is 2.96. The Morgan fingerprint density at radius 3 is 2.39 bits per heavy atom. The molecule has 0 saturated heterocycles. The number of halogens is 3. The number of pyridine rings is 1. The highest BCUT2D eigenvalue weighted by Gasteiger charge is 2.10. The van der Waals surface area contributed by atoms with E-state index in [2.05, 4.69) is 25.6 Å². The molecule has 0 saturated carbocycles. The van der Waals surface area contributed by atoms with E-state index in [-0.39, 0.29) is 17.4 Å². The SMILES string of the molecule is Nc1ncc(Cl)cc1-c1ccc(Oc2ncc(NC(=O)Nc3cc(F)ccc3F)cn2)cc1. The number of rotatable bonds is 5. The Kier molecular flexibility index (Phi) is 6.27. The number of anilines is 3. The monoisotopic (exact) mass is 468 g/mol. The second kappa shape index (κ2) is 9.45. The molecule has 4 N–H and O–H groups in total. The van der Waals surface area contributed by atoms with Gasteiger partial charge in [-0.15, -0.1) is 0 Å². The van der Waals surface area contributed by atoms with Crippen molar-refractivity contribution in [2.45, 2.75) is 0 Å². The quantitative estimate of drug-likeness (QED) is 0.357. The number of carbonyl (C=O) groups is 1. The molecule has 0 aliphatic heterocycles. The molecule has 2 aromatic carbocycles. The molecule has 2 heterocycles. The Hall–Kier alpha value is -4.31. The molecule has 8 nitrogen and oxygen atoms in total. The van der Waals surface area contributed by atoms with Gasteiger partial charge in [0.2, 0.25) is 0 Å². The zero-order valence-corrected chi connectivity index (χ0v) is 17.5. The fourth-order valence-electron chi connectivity index (χ4n) is 2.80. The van der Waals surface area contributed by atoms with Crippen LogP contribution in [-0.2, 0) is 0 Å². The van der Waals surface area contributed by atoms with Gasteiger partial charge in [0, 0.05) is 17.8 Å². The molecule has 0 unspecified atom stereocenters. The van der Waals surface area contributed by atoms with Gasteiger partial charge in [0.05, 0.1) is 28.8 Å². The number of benzene rings is 2. The second-order valence-corrected chi connectivity index (χ2v) is 7.11. The number of nitrogens with two attached hydrogens (primary N) is 1. The molecule has 2 amide bonds. The van der Waals surface area contributed by atoms with Crippen LogP contribution in [0.2, 0.25) is 5.02 Å². The molecule has 4 rings (SSSR count). The van der Waals surface area contributed by atoms with Gasteiger partial charge in [-0.05, 0) is 35.9 Å². The van der Waals surface area contributed by atoms with Gasteiger partial charge in [-0.1, -0.05) is 23.7 Å². The summed E-state index contributed by atoms with van der Waals surface area (Å²) in [4.78, 5) is 24.1. The lowest BCUT2D eigenvalue weighted by Gasteiger charge is -2.09. The largest absolute Gasteiger partial charge is 0.424 e. The van der Waals surface area contributed by atoms with E-state index in [9.17, 15) is 13.6 Å². The Morgan fingerprint density at radius 1 is 0.939 bits per heavy atom. The number of hydrogen-bond donors (Lipinski definition) is 3. The van der Waals surface area contributed by atoms with Crippen molar-refractivity contribution < 1.29 is 18.3 Å². The zero-order valence-electron chi connectivity index (χ0n) is 16.7. The average molecular weight is 469 g/mol. The number of nitrogen functional groups attached to an aromatic ring is 1. The summed E-state index contributed by atoms with van der Waals surface area (Å²) in [5, 5.41) is 5.09. The van der Waals surface area contributed by atoms with Crippen molar-refractivity contribution in [3.05, 3.63) is 83.8 Å². The number of urea groups is 1. The van der Waals surface area contributed by atoms with E-state index < -0.39 is 17.7 Å². The van der Waals surface area contributed by atoms with Crippen molar-refractivity contribution in [3.8, 4) is 22.9 Å². The van der Waals surface area contributed by atoms with Gasteiger partial charge >= 0.3 is 12.0 Å². The summed E-state index contributed by atoms with van der Waals surface area (Å²) in [5.74, 6) is -0.639. The molecule has 0 fully saturated rings. The van der Waals surface area contributed by atoms with Crippen molar-refractivity contribution in [1.82, 2.24) is 15.0 Å². The van der Waals surface area contributed by atoms with Crippen LogP contribution in [0, 0.1) is 11.6 Å². The summed E-state index contributed by atoms with van der Waals surface area (Å²) in [5.41, 5.74) is 7.31. The number of ether oxygens (including phenoxy) is 1. The highest BCUT2D eigenvalue weighted by molar-refractivity contribution is 6.30. The van der Waals surface area contributed by atoms with E-state index in [4.69, 9.17) is 22.1 Å². The third-order valence-corrected chi connectivity index (χ3v) is 4.53. The molecule has 33 heavy (non-hydrogen) atoms. The lowest BCUT2D eigenvalue weighted by Crippen LogP contribution is -2.20. The van der Waals surface area contributed by atoms with Crippen LogP contribution < -0.4 is 21.1 Å². The van der Waals surface area contributed by atoms with Crippen molar-refractivity contribution in [2.24, 2.45) is 0 Å². The smallest absolute Gasteiger partial charge is 0.323 e. The summed E-state index contributed by atoms with van der Waals surface area (Å²) in [6, 6.07) is 10.7. The minimum absolute atomic E-state index is 0.0359. The summed E-state index contributed by atoms with van der Waals surface area (Å²) in [6.07, 6.45) is 4.07. The number of carbonyl (C=O) groups excluding carboxylic acids is 1. The van der Waals surface area contributed by atoms with Crippen LogP contribution in [0.4, 0.5) is 30.8 Å². The number of nitrogens with zero attached hydrogens (tertiary/aromatic N) is 3. The molecule has 0 aliphatic carbocycles. The first kappa shape index (κ1) is 21.9. The first-order valence-electron chi connectivity index (χ1n) is 9.42. The van der Waals surface area contributed by atoms with Crippen molar-refractivity contribution in [2.75, 3.05) is 16.4 Å². The first-order chi connectivity index (χ1) is 15.9. The molecule has 0 spiro atoms. The maximum absolute atomic E-state index is 13.6. The lowest BCUT2D eigenvalue weighted by molar-refractivity contribution is 0.262. The Balaban J connectivity index is 1.38. The van der Waals surface area contributed by atoms with Gasteiger partial charge in [-0.2, -0.15) is 0 Å². The number of hydrogen-bond acceptors (Lipinski definition) is 6. The minimum Gasteiger partial charge on any atom is -0.424 e. The van der Waals surface area contributed by atoms with E-state index in [1.54, 1.807) is 30.3 Å². The molecule has 2 aromatic heterocycles. The maximum Gasteiger partial charge on any atom is 0.323 e. The molecular formula is C22H15ClF2N6O2. The molecule has 0 radical (unpaired) electrons. The van der Waals surface area contributed by atoms with E-state index in [0.29, 0.717) is 22.2 Å². The van der Waals surface area contributed by atoms with Gasteiger partial charge in [0.15, 0.2) is 0 Å². The molecular weight excluding hydrogens is 454 g/mol. The Morgan fingerprint density at radius 2 is 1.67 bits per heavy atom. The average Bonchev–Trinajstić information content (AvgIpc) is 2.80. The van der Waals surface area contributed by atoms with E-state index in [0.717, 1.165) is 23.8 Å². The summed E-state index contributed by atoms with van der Waals surface area (Å²) in [7, 11) is 0. The summed E-state index contributed by atoms with van der Waals surface area (Å²) < 4.78 is 32.4. The topological polar surface area (TPSA) is 115 Å². The van der Waals surface area contributed by atoms with Crippen LogP contribution >= 0.6 is 11.6 Å². The molecule has 11 heteroatoms. The predicted octanol–water partition coefficient (Wildman–Crippen LogP) is 5.49. The Labute approximate surface area is 191 Å². The highest BCUT2D eigenvalue weighted by atomic mass is 35.5. The van der Waals surface area contributed by atoms with Gasteiger partial charge < -0.3 is 21.1 Å². The fraction of sp³-hybridized carbons (Fsp3) is 0. The normalized spacial score (nSPS) is 10.5. The van der Waals surface area contributed by atoms with Crippen molar-refractivity contribution in [1.29, 1.82) is 0 Å². The van der Waals surface area contributed by atoms with Crippen molar-refractivity contribution >= 4 is 34.8 Å².